The molecule has 0 saturated carbocycles. The van der Waals surface area contributed by atoms with Gasteiger partial charge in [-0.15, -0.1) is 22.7 Å². The molecule has 0 aromatic carbocycles. The van der Waals surface area contributed by atoms with E-state index in [2.05, 4.69) is 15.2 Å². The van der Waals surface area contributed by atoms with Crippen LogP contribution in [0.3, 0.4) is 0 Å². The highest BCUT2D eigenvalue weighted by molar-refractivity contribution is 7.22. The van der Waals surface area contributed by atoms with Crippen LogP contribution >= 0.6 is 45.9 Å². The molecule has 26 heavy (non-hydrogen) atoms. The molecule has 1 aliphatic heterocycles. The summed E-state index contributed by atoms with van der Waals surface area (Å²) in [4.78, 5) is 32.2. The van der Waals surface area contributed by atoms with Gasteiger partial charge in [0.2, 0.25) is 11.6 Å². The van der Waals surface area contributed by atoms with Crippen molar-refractivity contribution in [2.75, 3.05) is 26.2 Å². The van der Waals surface area contributed by atoms with E-state index in [-0.39, 0.29) is 17.3 Å². The van der Waals surface area contributed by atoms with Gasteiger partial charge in [0, 0.05) is 24.7 Å². The van der Waals surface area contributed by atoms with E-state index in [1.807, 2.05) is 0 Å². The number of thiophene rings is 1. The zero-order valence-corrected chi connectivity index (χ0v) is 16.8. The first-order valence-electron chi connectivity index (χ1n) is 8.26. The largest absolute Gasteiger partial charge is 0.380 e. The minimum atomic E-state index is -0.261. The van der Waals surface area contributed by atoms with Crippen molar-refractivity contribution in [2.45, 2.75) is 12.8 Å². The van der Waals surface area contributed by atoms with Gasteiger partial charge in [-0.3, -0.25) is 9.59 Å². The lowest BCUT2D eigenvalue weighted by molar-refractivity contribution is 0.0978. The second kappa shape index (κ2) is 7.40. The zero-order valence-electron chi connectivity index (χ0n) is 13.7. The minimum absolute atomic E-state index is 0.192. The second-order valence-electron chi connectivity index (χ2n) is 6.16. The van der Waals surface area contributed by atoms with Gasteiger partial charge in [-0.1, -0.05) is 23.2 Å². The number of Topliss-reactive ketones (excluding diaryl/α,β-unsaturated/α-hetero) is 1. The normalized spacial score (nSPS) is 17.5. The van der Waals surface area contributed by atoms with E-state index in [1.54, 1.807) is 6.07 Å². The highest BCUT2D eigenvalue weighted by Gasteiger charge is 2.31. The SMILES string of the molecule is O=C1C=C(NCCN2CCCC2)C(=O)c2sc(-c3cc(Cl)sc3Cl)nc21. The zero-order chi connectivity index (χ0) is 18.3. The van der Waals surface area contributed by atoms with Crippen LogP contribution in [0.2, 0.25) is 8.67 Å². The first-order valence-corrected chi connectivity index (χ1v) is 10.6. The molecule has 1 aliphatic carbocycles. The number of allylic oxidation sites excluding steroid dienone is 2. The predicted molar refractivity (Wildman–Crippen MR) is 106 cm³/mol. The Morgan fingerprint density at radius 1 is 1.19 bits per heavy atom. The number of hydrogen-bond acceptors (Lipinski definition) is 7. The van der Waals surface area contributed by atoms with Crippen LogP contribution in [0.15, 0.2) is 17.8 Å². The van der Waals surface area contributed by atoms with Crippen molar-refractivity contribution in [3.8, 4) is 10.6 Å². The Labute approximate surface area is 168 Å². The molecule has 136 valence electrons. The molecule has 1 N–H and O–H groups in total. The second-order valence-corrected chi connectivity index (χ2v) is 9.45. The van der Waals surface area contributed by atoms with Crippen LogP contribution in [0.1, 0.15) is 33.0 Å². The third kappa shape index (κ3) is 3.46. The van der Waals surface area contributed by atoms with E-state index in [0.717, 1.165) is 19.6 Å². The summed E-state index contributed by atoms with van der Waals surface area (Å²) in [5, 5.41) is 3.66. The molecule has 2 aromatic rings. The van der Waals surface area contributed by atoms with E-state index < -0.39 is 0 Å². The van der Waals surface area contributed by atoms with Gasteiger partial charge in [0.05, 0.1) is 10.0 Å². The number of rotatable bonds is 5. The summed E-state index contributed by atoms with van der Waals surface area (Å²) in [5.41, 5.74) is 1.19. The molecule has 0 radical (unpaired) electrons. The number of nitrogens with one attached hydrogen (secondary N) is 1. The molecule has 5 nitrogen and oxygen atoms in total. The summed E-state index contributed by atoms with van der Waals surface area (Å²) >= 11 is 14.6. The fourth-order valence-electron chi connectivity index (χ4n) is 3.12. The number of carbonyl (C=O) groups is 2. The van der Waals surface area contributed by atoms with Gasteiger partial charge in [0.15, 0.2) is 0 Å². The topological polar surface area (TPSA) is 62.3 Å². The van der Waals surface area contributed by atoms with E-state index in [0.29, 0.717) is 36.4 Å². The Hall–Kier alpha value is -1.25. The van der Waals surface area contributed by atoms with E-state index in [4.69, 9.17) is 23.2 Å². The van der Waals surface area contributed by atoms with Gasteiger partial charge < -0.3 is 10.2 Å². The predicted octanol–water partition coefficient (Wildman–Crippen LogP) is 4.13. The lowest BCUT2D eigenvalue weighted by Crippen LogP contribution is -2.33. The van der Waals surface area contributed by atoms with Crippen molar-refractivity contribution in [2.24, 2.45) is 0 Å². The van der Waals surface area contributed by atoms with Crippen molar-refractivity contribution < 1.29 is 9.59 Å². The molecule has 0 unspecified atom stereocenters. The quantitative estimate of drug-likeness (QED) is 0.776. The highest BCUT2D eigenvalue weighted by Crippen LogP contribution is 2.41. The van der Waals surface area contributed by atoms with Gasteiger partial charge in [0.25, 0.3) is 0 Å². The standard InChI is InChI=1S/C17H15Cl2N3O2S2/c18-12-7-9(16(19)25-12)17-21-13-11(23)8-10(14(24)15(13)26-17)20-3-6-22-4-1-2-5-22/h7-8,20H,1-6H2. The summed E-state index contributed by atoms with van der Waals surface area (Å²) in [6.45, 7) is 3.69. The van der Waals surface area contributed by atoms with Gasteiger partial charge >= 0.3 is 0 Å². The Balaban J connectivity index is 1.52. The Kier molecular flexibility index (Phi) is 5.16. The molecule has 3 heterocycles. The molecule has 0 spiro atoms. The molecule has 9 heteroatoms. The maximum absolute atomic E-state index is 12.7. The Morgan fingerprint density at radius 2 is 1.96 bits per heavy atom. The molecule has 1 saturated heterocycles. The number of halogens is 2. The number of hydrogen-bond donors (Lipinski definition) is 1. The molecule has 2 aromatic heterocycles. The number of aromatic nitrogens is 1. The number of fused-ring (bicyclic) bond motifs is 1. The van der Waals surface area contributed by atoms with Gasteiger partial charge in [-0.25, -0.2) is 4.98 Å². The summed E-state index contributed by atoms with van der Waals surface area (Å²) in [6.07, 6.45) is 3.80. The van der Waals surface area contributed by atoms with Crippen LogP contribution in [-0.4, -0.2) is 47.6 Å². The highest BCUT2D eigenvalue weighted by atomic mass is 35.5. The molecular formula is C17H15Cl2N3O2S2. The third-order valence-electron chi connectivity index (χ3n) is 4.42. The third-order valence-corrected chi connectivity index (χ3v) is 6.99. The van der Waals surface area contributed by atoms with Crippen molar-refractivity contribution in [1.82, 2.24) is 15.2 Å². The number of carbonyl (C=O) groups excluding carboxylic acids is 2. The van der Waals surface area contributed by atoms with E-state index in [1.165, 1.54) is 41.6 Å². The van der Waals surface area contributed by atoms with Gasteiger partial charge in [0.1, 0.15) is 19.9 Å². The lowest BCUT2D eigenvalue weighted by Gasteiger charge is -2.17. The van der Waals surface area contributed by atoms with E-state index >= 15 is 0 Å². The first kappa shape index (κ1) is 18.1. The average molecular weight is 428 g/mol. The maximum atomic E-state index is 12.7. The minimum Gasteiger partial charge on any atom is -0.380 e. The van der Waals surface area contributed by atoms with Crippen LogP contribution in [0.4, 0.5) is 0 Å². The van der Waals surface area contributed by atoms with Crippen LogP contribution in [-0.2, 0) is 0 Å². The van der Waals surface area contributed by atoms with Crippen LogP contribution in [0, 0.1) is 0 Å². The van der Waals surface area contributed by atoms with E-state index in [9.17, 15) is 9.59 Å². The average Bonchev–Trinajstić information content (AvgIpc) is 3.32. The van der Waals surface area contributed by atoms with Crippen LogP contribution in [0.25, 0.3) is 10.6 Å². The molecular weight excluding hydrogens is 413 g/mol. The molecule has 4 rings (SSSR count). The van der Waals surface area contributed by atoms with Gasteiger partial charge in [-0.05, 0) is 32.0 Å². The number of nitrogens with zero attached hydrogens (tertiary/aromatic N) is 2. The summed E-state index contributed by atoms with van der Waals surface area (Å²) in [7, 11) is 0. The van der Waals surface area contributed by atoms with Crippen molar-refractivity contribution in [3.63, 3.8) is 0 Å². The fraction of sp³-hybridized carbons (Fsp3) is 0.353. The van der Waals surface area contributed by atoms with Crippen molar-refractivity contribution in [1.29, 1.82) is 0 Å². The molecule has 0 bridgehead atoms. The summed E-state index contributed by atoms with van der Waals surface area (Å²) in [6, 6.07) is 1.70. The molecule has 2 aliphatic rings. The number of thiazole rings is 1. The monoisotopic (exact) mass is 427 g/mol. The Bertz CT molecular complexity index is 913. The lowest BCUT2D eigenvalue weighted by atomic mass is 10.0. The fourth-order valence-corrected chi connectivity index (χ4v) is 5.75. The molecule has 1 fully saturated rings. The Morgan fingerprint density at radius 3 is 2.65 bits per heavy atom. The first-order chi connectivity index (χ1) is 12.5. The summed E-state index contributed by atoms with van der Waals surface area (Å²) in [5.74, 6) is -0.453. The summed E-state index contributed by atoms with van der Waals surface area (Å²) < 4.78 is 1.04. The maximum Gasteiger partial charge on any atom is 0.221 e. The molecule has 0 amide bonds. The number of ketones is 2. The van der Waals surface area contributed by atoms with Crippen molar-refractivity contribution in [3.05, 3.63) is 37.1 Å². The van der Waals surface area contributed by atoms with Gasteiger partial charge in [-0.2, -0.15) is 0 Å². The van der Waals surface area contributed by atoms with Crippen molar-refractivity contribution >= 4 is 57.4 Å². The van der Waals surface area contributed by atoms with Crippen LogP contribution in [0.5, 0.6) is 0 Å². The number of likely N-dealkylation sites (tertiary alicyclic amines) is 1. The smallest absolute Gasteiger partial charge is 0.221 e. The van der Waals surface area contributed by atoms with Crippen LogP contribution < -0.4 is 5.32 Å². The molecule has 0 atom stereocenters.